The van der Waals surface area contributed by atoms with Crippen LogP contribution in [-0.4, -0.2) is 35.3 Å². The van der Waals surface area contributed by atoms with Gasteiger partial charge in [0.1, 0.15) is 6.61 Å². The summed E-state index contributed by atoms with van der Waals surface area (Å²) >= 11 is 0. The number of benzene rings is 1. The summed E-state index contributed by atoms with van der Waals surface area (Å²) < 4.78 is 5.19. The molecule has 2 aliphatic rings. The minimum atomic E-state index is -0.280. The summed E-state index contributed by atoms with van der Waals surface area (Å²) in [5.41, 5.74) is 2.46. The summed E-state index contributed by atoms with van der Waals surface area (Å²) in [6, 6.07) is 10.5. The van der Waals surface area contributed by atoms with E-state index < -0.39 is 0 Å². The van der Waals surface area contributed by atoms with Gasteiger partial charge in [-0.05, 0) is 29.7 Å². The van der Waals surface area contributed by atoms with Crippen molar-refractivity contribution < 1.29 is 9.84 Å². The third-order valence-electron chi connectivity index (χ3n) is 3.81. The maximum atomic E-state index is 10.2. The second-order valence-electron chi connectivity index (χ2n) is 5.10. The molecule has 1 aromatic rings. The average molecular weight is 257 g/mol. The van der Waals surface area contributed by atoms with Crippen molar-refractivity contribution in [1.82, 2.24) is 4.90 Å². The van der Waals surface area contributed by atoms with Crippen molar-refractivity contribution in [3.8, 4) is 0 Å². The summed E-state index contributed by atoms with van der Waals surface area (Å²) in [6.45, 7) is 2.43. The molecule has 100 valence electrons. The normalized spacial score (nSPS) is 27.1. The number of ether oxygens (including phenoxy) is 1. The lowest BCUT2D eigenvalue weighted by atomic mass is 10.0. The summed E-state index contributed by atoms with van der Waals surface area (Å²) in [5, 5.41) is 10.2. The Kier molecular flexibility index (Phi) is 3.67. The molecule has 3 heteroatoms. The Bertz CT molecular complexity index is 481. The number of hydrogen-bond donors (Lipinski definition) is 1. The van der Waals surface area contributed by atoms with Crippen molar-refractivity contribution in [2.24, 2.45) is 0 Å². The van der Waals surface area contributed by atoms with Crippen molar-refractivity contribution in [3.05, 3.63) is 59.9 Å². The predicted octanol–water partition coefficient (Wildman–Crippen LogP) is 2.09. The molecule has 2 heterocycles. The molecule has 0 amide bonds. The van der Waals surface area contributed by atoms with Crippen LogP contribution in [0.4, 0.5) is 0 Å². The number of nitrogens with zero attached hydrogens (tertiary/aromatic N) is 1. The van der Waals surface area contributed by atoms with Crippen LogP contribution in [0.1, 0.15) is 12.0 Å². The quantitative estimate of drug-likeness (QED) is 0.900. The molecule has 1 N–H and O–H groups in total. The predicted molar refractivity (Wildman–Crippen MR) is 74.4 cm³/mol. The molecule has 1 aromatic carbocycles. The second-order valence-corrected chi connectivity index (χ2v) is 5.10. The SMILES string of the molecule is OC1CCN(Cc2ccccc2)C1C1=CCOC=C1. The molecular weight excluding hydrogens is 238 g/mol. The minimum Gasteiger partial charge on any atom is -0.497 e. The Morgan fingerprint density at radius 2 is 2.11 bits per heavy atom. The van der Waals surface area contributed by atoms with Gasteiger partial charge in [-0.3, -0.25) is 4.90 Å². The summed E-state index contributed by atoms with van der Waals surface area (Å²) in [4.78, 5) is 2.35. The lowest BCUT2D eigenvalue weighted by molar-refractivity contribution is 0.132. The molecule has 1 saturated heterocycles. The Labute approximate surface area is 113 Å². The number of rotatable bonds is 3. The van der Waals surface area contributed by atoms with Crippen LogP contribution < -0.4 is 0 Å². The standard InChI is InChI=1S/C16H19NO2/c18-15-6-9-17(12-13-4-2-1-3-5-13)16(15)14-7-10-19-11-8-14/h1-5,7-8,10,15-16,18H,6,9,11-12H2. The van der Waals surface area contributed by atoms with Crippen LogP contribution in [0, 0.1) is 0 Å². The molecule has 0 aromatic heterocycles. The van der Waals surface area contributed by atoms with Crippen molar-refractivity contribution >= 4 is 0 Å². The number of aliphatic hydroxyl groups is 1. The van der Waals surface area contributed by atoms with E-state index in [1.165, 1.54) is 11.1 Å². The van der Waals surface area contributed by atoms with Crippen molar-refractivity contribution in [3.63, 3.8) is 0 Å². The highest BCUT2D eigenvalue weighted by atomic mass is 16.5. The van der Waals surface area contributed by atoms with Gasteiger partial charge in [-0.25, -0.2) is 0 Å². The first kappa shape index (κ1) is 12.5. The maximum absolute atomic E-state index is 10.2. The van der Waals surface area contributed by atoms with Crippen LogP contribution in [0.3, 0.4) is 0 Å². The largest absolute Gasteiger partial charge is 0.497 e. The van der Waals surface area contributed by atoms with Gasteiger partial charge < -0.3 is 9.84 Å². The minimum absolute atomic E-state index is 0.0976. The molecule has 0 radical (unpaired) electrons. The van der Waals surface area contributed by atoms with Crippen LogP contribution in [0.25, 0.3) is 0 Å². The monoisotopic (exact) mass is 257 g/mol. The van der Waals surface area contributed by atoms with Crippen molar-refractivity contribution in [2.75, 3.05) is 13.2 Å². The lowest BCUT2D eigenvalue weighted by Gasteiger charge is -2.28. The van der Waals surface area contributed by atoms with Gasteiger partial charge in [0.15, 0.2) is 0 Å². The van der Waals surface area contributed by atoms with E-state index in [1.807, 2.05) is 12.1 Å². The van der Waals surface area contributed by atoms with E-state index in [0.29, 0.717) is 6.61 Å². The lowest BCUT2D eigenvalue weighted by Crippen LogP contribution is -2.36. The van der Waals surface area contributed by atoms with Gasteiger partial charge in [0.25, 0.3) is 0 Å². The maximum Gasteiger partial charge on any atom is 0.106 e. The smallest absolute Gasteiger partial charge is 0.106 e. The summed E-state index contributed by atoms with van der Waals surface area (Å²) in [7, 11) is 0. The highest BCUT2D eigenvalue weighted by Gasteiger charge is 2.34. The highest BCUT2D eigenvalue weighted by molar-refractivity contribution is 5.29. The zero-order valence-electron chi connectivity index (χ0n) is 10.9. The first-order chi connectivity index (χ1) is 9.34. The van der Waals surface area contributed by atoms with Gasteiger partial charge in [-0.1, -0.05) is 30.3 Å². The van der Waals surface area contributed by atoms with Crippen molar-refractivity contribution in [2.45, 2.75) is 25.1 Å². The molecule has 3 nitrogen and oxygen atoms in total. The van der Waals surface area contributed by atoms with E-state index in [2.05, 4.69) is 35.2 Å². The number of hydrogen-bond acceptors (Lipinski definition) is 3. The zero-order chi connectivity index (χ0) is 13.1. The van der Waals surface area contributed by atoms with Crippen molar-refractivity contribution in [1.29, 1.82) is 0 Å². The average Bonchev–Trinajstić information content (AvgIpc) is 2.82. The molecule has 3 rings (SSSR count). The molecule has 0 saturated carbocycles. The van der Waals surface area contributed by atoms with Gasteiger partial charge in [-0.15, -0.1) is 0 Å². The Balaban J connectivity index is 1.77. The van der Waals surface area contributed by atoms with E-state index in [0.717, 1.165) is 19.5 Å². The zero-order valence-corrected chi connectivity index (χ0v) is 10.9. The van der Waals surface area contributed by atoms with Crippen LogP contribution in [0.15, 0.2) is 54.3 Å². The molecular formula is C16H19NO2. The molecule has 19 heavy (non-hydrogen) atoms. The van der Waals surface area contributed by atoms with E-state index >= 15 is 0 Å². The van der Waals surface area contributed by atoms with Gasteiger partial charge >= 0.3 is 0 Å². The molecule has 0 spiro atoms. The second kappa shape index (κ2) is 5.59. The van der Waals surface area contributed by atoms with Gasteiger partial charge in [0.05, 0.1) is 18.4 Å². The molecule has 0 bridgehead atoms. The van der Waals surface area contributed by atoms with Gasteiger partial charge in [0, 0.05) is 13.1 Å². The van der Waals surface area contributed by atoms with Crippen LogP contribution in [-0.2, 0) is 11.3 Å². The fourth-order valence-electron chi connectivity index (χ4n) is 2.88. The molecule has 0 aliphatic carbocycles. The van der Waals surface area contributed by atoms with Crippen LogP contribution in [0.2, 0.25) is 0 Å². The first-order valence-electron chi connectivity index (χ1n) is 6.79. The topological polar surface area (TPSA) is 32.7 Å². The molecule has 2 atom stereocenters. The van der Waals surface area contributed by atoms with Crippen LogP contribution in [0.5, 0.6) is 0 Å². The van der Waals surface area contributed by atoms with E-state index in [-0.39, 0.29) is 12.1 Å². The third-order valence-corrected chi connectivity index (χ3v) is 3.81. The van der Waals surface area contributed by atoms with E-state index in [4.69, 9.17) is 4.74 Å². The highest BCUT2D eigenvalue weighted by Crippen LogP contribution is 2.27. The summed E-state index contributed by atoms with van der Waals surface area (Å²) in [5.74, 6) is 0. The fourth-order valence-corrected chi connectivity index (χ4v) is 2.88. The summed E-state index contributed by atoms with van der Waals surface area (Å²) in [6.07, 6.45) is 6.32. The first-order valence-corrected chi connectivity index (χ1v) is 6.79. The molecule has 1 fully saturated rings. The molecule has 2 unspecified atom stereocenters. The van der Waals surface area contributed by atoms with E-state index in [1.54, 1.807) is 6.26 Å². The Morgan fingerprint density at radius 3 is 2.84 bits per heavy atom. The number of likely N-dealkylation sites (tertiary alicyclic amines) is 1. The molecule has 2 aliphatic heterocycles. The third kappa shape index (κ3) is 2.72. The van der Waals surface area contributed by atoms with Gasteiger partial charge in [-0.2, -0.15) is 0 Å². The Hall–Kier alpha value is -1.58. The number of aliphatic hydroxyl groups excluding tert-OH is 1. The van der Waals surface area contributed by atoms with E-state index in [9.17, 15) is 5.11 Å². The Morgan fingerprint density at radius 1 is 1.26 bits per heavy atom. The fraction of sp³-hybridized carbons (Fsp3) is 0.375. The van der Waals surface area contributed by atoms with Crippen LogP contribution >= 0.6 is 0 Å². The van der Waals surface area contributed by atoms with Gasteiger partial charge in [0.2, 0.25) is 0 Å².